The maximum atomic E-state index is 4.21. The van der Waals surface area contributed by atoms with Gasteiger partial charge in [0.15, 0.2) is 5.82 Å². The topological polar surface area (TPSA) is 58.9 Å². The molecule has 1 aliphatic carbocycles. The molecule has 2 heterocycles. The van der Waals surface area contributed by atoms with Gasteiger partial charge in [-0.15, -0.1) is 5.10 Å². The molecule has 1 aliphatic heterocycles. The van der Waals surface area contributed by atoms with E-state index in [1.54, 1.807) is 0 Å². The van der Waals surface area contributed by atoms with E-state index in [2.05, 4.69) is 32.7 Å². The van der Waals surface area contributed by atoms with Crippen LogP contribution in [0.3, 0.4) is 0 Å². The summed E-state index contributed by atoms with van der Waals surface area (Å²) in [4.78, 5) is 2.49. The van der Waals surface area contributed by atoms with Gasteiger partial charge in [-0.2, -0.15) is 0 Å². The van der Waals surface area contributed by atoms with E-state index in [1.165, 1.54) is 38.6 Å². The molecule has 1 saturated heterocycles. The fraction of sp³-hybridized carbons (Fsp3) is 0.923. The molecule has 2 aliphatic rings. The molecule has 1 atom stereocenters. The molecule has 6 nitrogen and oxygen atoms in total. The highest BCUT2D eigenvalue weighted by Crippen LogP contribution is 2.34. The molecule has 0 aromatic carbocycles. The highest BCUT2D eigenvalue weighted by Gasteiger charge is 2.28. The number of aromatic nitrogens is 4. The maximum Gasteiger partial charge on any atom is 0.165 e. The SMILES string of the molecule is CCCN(Cc1nnnn1C1CC1)CC1CCCN1. The Morgan fingerprint density at radius 1 is 1.37 bits per heavy atom. The molecular formula is C13H24N6. The van der Waals surface area contributed by atoms with Gasteiger partial charge < -0.3 is 5.32 Å². The van der Waals surface area contributed by atoms with Crippen molar-refractivity contribution in [3.05, 3.63) is 5.82 Å². The van der Waals surface area contributed by atoms with E-state index in [0.29, 0.717) is 12.1 Å². The van der Waals surface area contributed by atoms with E-state index >= 15 is 0 Å². The number of hydrogen-bond acceptors (Lipinski definition) is 5. The van der Waals surface area contributed by atoms with Crippen molar-refractivity contribution in [3.63, 3.8) is 0 Å². The molecule has 2 fully saturated rings. The molecule has 3 rings (SSSR count). The summed E-state index contributed by atoms with van der Waals surface area (Å²) in [5.74, 6) is 1.04. The Balaban J connectivity index is 1.60. The molecule has 19 heavy (non-hydrogen) atoms. The van der Waals surface area contributed by atoms with Gasteiger partial charge in [0, 0.05) is 12.6 Å². The number of tetrazole rings is 1. The van der Waals surface area contributed by atoms with Crippen LogP contribution in [-0.2, 0) is 6.54 Å². The monoisotopic (exact) mass is 264 g/mol. The first-order valence-electron chi connectivity index (χ1n) is 7.59. The number of rotatable bonds is 7. The lowest BCUT2D eigenvalue weighted by Crippen LogP contribution is -2.38. The second kappa shape index (κ2) is 5.96. The lowest BCUT2D eigenvalue weighted by atomic mass is 10.2. The van der Waals surface area contributed by atoms with Crippen LogP contribution in [-0.4, -0.2) is 50.8 Å². The predicted octanol–water partition coefficient (Wildman–Crippen LogP) is 0.972. The average Bonchev–Trinajstić information content (AvgIpc) is 2.93. The smallest absolute Gasteiger partial charge is 0.165 e. The highest BCUT2D eigenvalue weighted by atomic mass is 15.6. The van der Waals surface area contributed by atoms with Gasteiger partial charge in [-0.05, 0) is 55.6 Å². The summed E-state index contributed by atoms with van der Waals surface area (Å²) in [6, 6.07) is 1.22. The third-order valence-corrected chi connectivity index (χ3v) is 4.00. The molecule has 1 aromatic rings. The maximum absolute atomic E-state index is 4.21. The number of nitrogens with one attached hydrogen (secondary N) is 1. The van der Waals surface area contributed by atoms with Crippen molar-refractivity contribution in [2.45, 2.75) is 57.7 Å². The quantitative estimate of drug-likeness (QED) is 0.795. The molecule has 1 N–H and O–H groups in total. The number of hydrogen-bond donors (Lipinski definition) is 1. The van der Waals surface area contributed by atoms with Gasteiger partial charge in [0.1, 0.15) is 0 Å². The van der Waals surface area contributed by atoms with E-state index in [9.17, 15) is 0 Å². The van der Waals surface area contributed by atoms with E-state index in [4.69, 9.17) is 0 Å². The van der Waals surface area contributed by atoms with Crippen molar-refractivity contribution in [1.82, 2.24) is 30.4 Å². The molecule has 106 valence electrons. The molecular weight excluding hydrogens is 240 g/mol. The van der Waals surface area contributed by atoms with Crippen LogP contribution in [0.15, 0.2) is 0 Å². The van der Waals surface area contributed by atoms with Crippen molar-refractivity contribution in [2.24, 2.45) is 0 Å². The summed E-state index contributed by atoms with van der Waals surface area (Å²) >= 11 is 0. The van der Waals surface area contributed by atoms with Crippen molar-refractivity contribution >= 4 is 0 Å². The molecule has 1 aromatic heterocycles. The summed E-state index contributed by atoms with van der Waals surface area (Å²) in [6.45, 7) is 6.53. The zero-order chi connectivity index (χ0) is 13.1. The summed E-state index contributed by atoms with van der Waals surface area (Å²) in [6.07, 6.45) is 6.25. The van der Waals surface area contributed by atoms with Crippen LogP contribution in [0.25, 0.3) is 0 Å². The molecule has 1 unspecified atom stereocenters. The minimum atomic E-state index is 0.568. The lowest BCUT2D eigenvalue weighted by Gasteiger charge is -2.24. The summed E-state index contributed by atoms with van der Waals surface area (Å²) in [5, 5.41) is 15.8. The first kappa shape index (κ1) is 13.0. The fourth-order valence-corrected chi connectivity index (χ4v) is 2.89. The number of nitrogens with zero attached hydrogens (tertiary/aromatic N) is 5. The molecule has 0 radical (unpaired) electrons. The van der Waals surface area contributed by atoms with Crippen LogP contribution < -0.4 is 5.32 Å². The fourth-order valence-electron chi connectivity index (χ4n) is 2.89. The standard InChI is InChI=1S/C13H24N6/c1-2-8-18(9-11-4-3-7-14-11)10-13-15-16-17-19(13)12-5-6-12/h11-12,14H,2-10H2,1H3. The van der Waals surface area contributed by atoms with Crippen LogP contribution in [0, 0.1) is 0 Å². The van der Waals surface area contributed by atoms with Crippen molar-refractivity contribution in [1.29, 1.82) is 0 Å². The van der Waals surface area contributed by atoms with E-state index in [-0.39, 0.29) is 0 Å². The van der Waals surface area contributed by atoms with E-state index in [1.807, 2.05) is 4.68 Å². The van der Waals surface area contributed by atoms with Gasteiger partial charge in [0.05, 0.1) is 12.6 Å². The van der Waals surface area contributed by atoms with Crippen molar-refractivity contribution in [2.75, 3.05) is 19.6 Å². The second-order valence-electron chi connectivity index (χ2n) is 5.80. The Morgan fingerprint density at radius 2 is 2.26 bits per heavy atom. The Labute approximate surface area is 114 Å². The van der Waals surface area contributed by atoms with Gasteiger partial charge in [-0.1, -0.05) is 6.92 Å². The van der Waals surface area contributed by atoms with Crippen LogP contribution in [0.1, 0.15) is 50.9 Å². The molecule has 0 amide bonds. The molecule has 1 saturated carbocycles. The molecule has 0 spiro atoms. The zero-order valence-corrected chi connectivity index (χ0v) is 11.8. The minimum absolute atomic E-state index is 0.568. The lowest BCUT2D eigenvalue weighted by molar-refractivity contribution is 0.231. The average molecular weight is 264 g/mol. The van der Waals surface area contributed by atoms with Crippen LogP contribution in [0.4, 0.5) is 0 Å². The first-order chi connectivity index (χ1) is 9.36. The highest BCUT2D eigenvalue weighted by molar-refractivity contribution is 4.91. The van der Waals surface area contributed by atoms with Crippen molar-refractivity contribution < 1.29 is 0 Å². The normalized spacial score (nSPS) is 23.4. The predicted molar refractivity (Wildman–Crippen MR) is 72.7 cm³/mol. The Bertz CT molecular complexity index is 394. The summed E-state index contributed by atoms with van der Waals surface area (Å²) in [5.41, 5.74) is 0. The zero-order valence-electron chi connectivity index (χ0n) is 11.8. The third kappa shape index (κ3) is 3.30. The Hall–Kier alpha value is -1.01. The molecule has 6 heteroatoms. The third-order valence-electron chi connectivity index (χ3n) is 4.00. The van der Waals surface area contributed by atoms with Gasteiger partial charge in [0.2, 0.25) is 0 Å². The van der Waals surface area contributed by atoms with E-state index < -0.39 is 0 Å². The largest absolute Gasteiger partial charge is 0.313 e. The van der Waals surface area contributed by atoms with Crippen molar-refractivity contribution in [3.8, 4) is 0 Å². The van der Waals surface area contributed by atoms with Gasteiger partial charge in [-0.3, -0.25) is 4.90 Å². The van der Waals surface area contributed by atoms with Gasteiger partial charge in [0.25, 0.3) is 0 Å². The van der Waals surface area contributed by atoms with E-state index in [0.717, 1.165) is 25.5 Å². The summed E-state index contributed by atoms with van der Waals surface area (Å²) < 4.78 is 2.03. The molecule has 0 bridgehead atoms. The van der Waals surface area contributed by atoms with Crippen LogP contribution in [0.2, 0.25) is 0 Å². The Kier molecular flexibility index (Phi) is 4.08. The first-order valence-corrected chi connectivity index (χ1v) is 7.59. The van der Waals surface area contributed by atoms with Gasteiger partial charge >= 0.3 is 0 Å². The van der Waals surface area contributed by atoms with Crippen LogP contribution in [0.5, 0.6) is 0 Å². The minimum Gasteiger partial charge on any atom is -0.313 e. The van der Waals surface area contributed by atoms with Gasteiger partial charge in [-0.25, -0.2) is 4.68 Å². The Morgan fingerprint density at radius 3 is 2.95 bits per heavy atom. The second-order valence-corrected chi connectivity index (χ2v) is 5.80. The summed E-state index contributed by atoms with van der Waals surface area (Å²) in [7, 11) is 0. The van der Waals surface area contributed by atoms with Crippen LogP contribution >= 0.6 is 0 Å².